The van der Waals surface area contributed by atoms with Crippen LogP contribution in [0.4, 0.5) is 0 Å². The lowest BCUT2D eigenvalue weighted by Crippen LogP contribution is -2.10. The van der Waals surface area contributed by atoms with Crippen LogP contribution in [0.2, 0.25) is 0 Å². The summed E-state index contributed by atoms with van der Waals surface area (Å²) in [5.74, 6) is -0.264. The van der Waals surface area contributed by atoms with E-state index in [1.54, 1.807) is 11.4 Å². The van der Waals surface area contributed by atoms with Gasteiger partial charge in [-0.15, -0.1) is 11.3 Å². The topological polar surface area (TPSA) is 55.8 Å². The molecule has 1 saturated heterocycles. The Bertz CT molecular complexity index is 355. The summed E-state index contributed by atoms with van der Waals surface area (Å²) in [6, 6.07) is 1.56. The number of rotatable bonds is 5. The molecule has 2 heterocycles. The van der Waals surface area contributed by atoms with Crippen molar-refractivity contribution in [2.45, 2.75) is 25.4 Å². The van der Waals surface area contributed by atoms with E-state index in [-0.39, 0.29) is 0 Å². The summed E-state index contributed by atoms with van der Waals surface area (Å²) in [4.78, 5) is 10.9. The van der Waals surface area contributed by atoms with E-state index in [1.165, 1.54) is 11.3 Å². The molecule has 5 heteroatoms. The molecule has 0 aliphatic carbocycles. The Balaban J connectivity index is 1.74. The molecule has 1 aliphatic rings. The average Bonchev–Trinajstić information content (AvgIpc) is 2.87. The van der Waals surface area contributed by atoms with Gasteiger partial charge in [0.2, 0.25) is 0 Å². The van der Waals surface area contributed by atoms with E-state index in [9.17, 15) is 4.79 Å². The number of hydrogen-bond donors (Lipinski definition) is 1. The Morgan fingerprint density at radius 3 is 3.19 bits per heavy atom. The molecule has 16 heavy (non-hydrogen) atoms. The van der Waals surface area contributed by atoms with Crippen molar-refractivity contribution < 1.29 is 19.4 Å². The molecule has 88 valence electrons. The molecule has 2 rings (SSSR count). The highest BCUT2D eigenvalue weighted by atomic mass is 32.1. The fourth-order valence-corrected chi connectivity index (χ4v) is 2.35. The molecule has 1 aliphatic heterocycles. The van der Waals surface area contributed by atoms with Gasteiger partial charge in [0.15, 0.2) is 0 Å². The van der Waals surface area contributed by atoms with Gasteiger partial charge in [-0.05, 0) is 12.8 Å². The summed E-state index contributed by atoms with van der Waals surface area (Å²) in [6.07, 6.45) is 3.43. The summed E-state index contributed by atoms with van der Waals surface area (Å²) in [6.45, 7) is 1.44. The van der Waals surface area contributed by atoms with Crippen LogP contribution in [-0.4, -0.2) is 30.4 Å². The van der Waals surface area contributed by atoms with Gasteiger partial charge >= 0.3 is 5.97 Å². The maximum Gasteiger partial charge on any atom is 0.346 e. The van der Waals surface area contributed by atoms with Crippen LogP contribution in [0, 0.1) is 0 Å². The second-order valence-electron chi connectivity index (χ2n) is 3.72. The highest BCUT2D eigenvalue weighted by molar-refractivity contribution is 7.12. The molecule has 1 unspecified atom stereocenters. The van der Waals surface area contributed by atoms with E-state index in [2.05, 4.69) is 0 Å². The number of aromatic carboxylic acids is 1. The van der Waals surface area contributed by atoms with Crippen LogP contribution in [0.25, 0.3) is 0 Å². The van der Waals surface area contributed by atoms with Crippen molar-refractivity contribution in [1.29, 1.82) is 0 Å². The molecule has 1 aromatic rings. The maximum atomic E-state index is 10.6. The van der Waals surface area contributed by atoms with Gasteiger partial charge in [0.25, 0.3) is 0 Å². The Hall–Kier alpha value is -1.07. The van der Waals surface area contributed by atoms with E-state index in [0.29, 0.717) is 23.3 Å². The Morgan fingerprint density at radius 1 is 1.69 bits per heavy atom. The van der Waals surface area contributed by atoms with Crippen LogP contribution in [0.1, 0.15) is 28.9 Å². The zero-order valence-corrected chi connectivity index (χ0v) is 9.66. The normalized spacial score (nSPS) is 19.9. The van der Waals surface area contributed by atoms with Crippen LogP contribution < -0.4 is 4.74 Å². The number of ether oxygens (including phenoxy) is 2. The van der Waals surface area contributed by atoms with Crippen LogP contribution in [0.5, 0.6) is 5.75 Å². The molecular formula is C11H14O4S. The molecule has 0 saturated carbocycles. The fraction of sp³-hybridized carbons (Fsp3) is 0.545. The second kappa shape index (κ2) is 5.32. The smallest absolute Gasteiger partial charge is 0.346 e. The van der Waals surface area contributed by atoms with E-state index in [1.807, 2.05) is 0 Å². The highest BCUT2D eigenvalue weighted by Crippen LogP contribution is 2.22. The lowest BCUT2D eigenvalue weighted by Gasteiger charge is -2.09. The van der Waals surface area contributed by atoms with Crippen LogP contribution >= 0.6 is 11.3 Å². The SMILES string of the molecule is O=C(O)c1cc(OCCC2CCCO2)cs1. The molecule has 0 bridgehead atoms. The summed E-state index contributed by atoms with van der Waals surface area (Å²) in [5, 5.41) is 10.5. The first-order valence-electron chi connectivity index (χ1n) is 5.32. The van der Waals surface area contributed by atoms with Crippen LogP contribution in [0.3, 0.4) is 0 Å². The zero-order valence-electron chi connectivity index (χ0n) is 8.85. The zero-order chi connectivity index (χ0) is 11.4. The van der Waals surface area contributed by atoms with Gasteiger partial charge in [0.05, 0.1) is 12.7 Å². The largest absolute Gasteiger partial charge is 0.493 e. The minimum absolute atomic E-state index is 0.312. The van der Waals surface area contributed by atoms with Gasteiger partial charge in [0.1, 0.15) is 10.6 Å². The van der Waals surface area contributed by atoms with Crippen LogP contribution in [0.15, 0.2) is 11.4 Å². The van der Waals surface area contributed by atoms with Crippen LogP contribution in [-0.2, 0) is 4.74 Å². The fourth-order valence-electron chi connectivity index (χ4n) is 1.69. The third kappa shape index (κ3) is 2.96. The number of hydrogen-bond acceptors (Lipinski definition) is 4. The number of carboxylic acid groups (broad SMARTS) is 1. The quantitative estimate of drug-likeness (QED) is 0.861. The minimum atomic E-state index is -0.904. The Labute approximate surface area is 97.8 Å². The maximum absolute atomic E-state index is 10.6. The molecule has 1 atom stereocenters. The first-order valence-corrected chi connectivity index (χ1v) is 6.20. The number of carboxylic acids is 1. The molecule has 1 N–H and O–H groups in total. The molecule has 0 aromatic carbocycles. The third-order valence-electron chi connectivity index (χ3n) is 2.52. The van der Waals surface area contributed by atoms with Crippen molar-refractivity contribution in [2.24, 2.45) is 0 Å². The van der Waals surface area contributed by atoms with E-state index in [0.717, 1.165) is 25.9 Å². The predicted octanol–water partition coefficient (Wildman–Crippen LogP) is 2.39. The van der Waals surface area contributed by atoms with Gasteiger partial charge in [-0.25, -0.2) is 4.79 Å². The van der Waals surface area contributed by atoms with Gasteiger partial charge in [-0.3, -0.25) is 0 Å². The number of carbonyl (C=O) groups is 1. The van der Waals surface area contributed by atoms with Gasteiger partial charge < -0.3 is 14.6 Å². The molecule has 0 radical (unpaired) electrons. The van der Waals surface area contributed by atoms with Crippen molar-refractivity contribution in [2.75, 3.05) is 13.2 Å². The first kappa shape index (κ1) is 11.4. The molecule has 0 amide bonds. The van der Waals surface area contributed by atoms with Crippen molar-refractivity contribution in [3.63, 3.8) is 0 Å². The monoisotopic (exact) mass is 242 g/mol. The summed E-state index contributed by atoms with van der Waals surface area (Å²) in [5.41, 5.74) is 0. The predicted molar refractivity (Wildman–Crippen MR) is 60.4 cm³/mol. The van der Waals surface area contributed by atoms with E-state index < -0.39 is 5.97 Å². The van der Waals surface area contributed by atoms with E-state index >= 15 is 0 Å². The van der Waals surface area contributed by atoms with Crippen molar-refractivity contribution in [1.82, 2.24) is 0 Å². The van der Waals surface area contributed by atoms with Gasteiger partial charge in [-0.2, -0.15) is 0 Å². The van der Waals surface area contributed by atoms with E-state index in [4.69, 9.17) is 14.6 Å². The van der Waals surface area contributed by atoms with Crippen molar-refractivity contribution >= 4 is 17.3 Å². The van der Waals surface area contributed by atoms with Gasteiger partial charge in [-0.1, -0.05) is 0 Å². The minimum Gasteiger partial charge on any atom is -0.493 e. The standard InChI is InChI=1S/C11H14O4S/c12-11(13)10-6-9(7-16-10)15-5-3-8-2-1-4-14-8/h6-8H,1-5H2,(H,12,13). The molecule has 4 nitrogen and oxygen atoms in total. The van der Waals surface area contributed by atoms with Crippen molar-refractivity contribution in [3.05, 3.63) is 16.3 Å². The Kier molecular flexibility index (Phi) is 3.79. The molecule has 0 spiro atoms. The lowest BCUT2D eigenvalue weighted by atomic mass is 10.2. The Morgan fingerprint density at radius 2 is 2.56 bits per heavy atom. The summed E-state index contributed by atoms with van der Waals surface area (Å²) in [7, 11) is 0. The third-order valence-corrected chi connectivity index (χ3v) is 3.42. The number of thiophene rings is 1. The summed E-state index contributed by atoms with van der Waals surface area (Å²) >= 11 is 1.18. The van der Waals surface area contributed by atoms with Crippen molar-refractivity contribution in [3.8, 4) is 5.75 Å². The lowest BCUT2D eigenvalue weighted by molar-refractivity contribution is 0.0701. The molecular weight excluding hydrogens is 228 g/mol. The highest BCUT2D eigenvalue weighted by Gasteiger charge is 2.15. The molecule has 1 fully saturated rings. The molecule has 1 aromatic heterocycles. The second-order valence-corrected chi connectivity index (χ2v) is 4.64. The summed E-state index contributed by atoms with van der Waals surface area (Å²) < 4.78 is 10.9. The van der Waals surface area contributed by atoms with Gasteiger partial charge in [0, 0.05) is 24.5 Å². The average molecular weight is 242 g/mol. The first-order chi connectivity index (χ1) is 7.75.